The van der Waals surface area contributed by atoms with E-state index in [1.54, 1.807) is 7.11 Å². The van der Waals surface area contributed by atoms with Crippen LogP contribution in [0.2, 0.25) is 0 Å². The number of hydrogen-bond donors (Lipinski definition) is 1. The van der Waals surface area contributed by atoms with E-state index in [2.05, 4.69) is 31.9 Å². The molecule has 1 aliphatic heterocycles. The maximum atomic E-state index is 12.7. The number of amides is 1. The predicted molar refractivity (Wildman–Crippen MR) is 142 cm³/mol. The SMILES string of the molecule is COc1ccc(-n2c(SCC(=O)Nc3ccc(N(C)C)cc3)nnc2C(C)N2CCCCC2)cc1. The van der Waals surface area contributed by atoms with E-state index in [9.17, 15) is 4.79 Å². The van der Waals surface area contributed by atoms with Gasteiger partial charge in [-0.1, -0.05) is 18.2 Å². The van der Waals surface area contributed by atoms with E-state index in [4.69, 9.17) is 4.74 Å². The fourth-order valence-electron chi connectivity index (χ4n) is 4.26. The number of ether oxygens (including phenoxy) is 1. The number of anilines is 2. The summed E-state index contributed by atoms with van der Waals surface area (Å²) >= 11 is 1.39. The molecule has 1 aliphatic rings. The van der Waals surface area contributed by atoms with Crippen LogP contribution in [0.3, 0.4) is 0 Å². The smallest absolute Gasteiger partial charge is 0.234 e. The largest absolute Gasteiger partial charge is 0.497 e. The fraction of sp³-hybridized carbons (Fsp3) is 0.423. The number of carbonyl (C=O) groups excluding carboxylic acids is 1. The highest BCUT2D eigenvalue weighted by atomic mass is 32.2. The average molecular weight is 495 g/mol. The van der Waals surface area contributed by atoms with Crippen molar-refractivity contribution in [1.82, 2.24) is 19.7 Å². The van der Waals surface area contributed by atoms with Gasteiger partial charge in [0.05, 0.1) is 18.9 Å². The molecule has 8 nitrogen and oxygen atoms in total. The zero-order valence-corrected chi connectivity index (χ0v) is 21.7. The van der Waals surface area contributed by atoms with Gasteiger partial charge in [0, 0.05) is 31.2 Å². The van der Waals surface area contributed by atoms with Gasteiger partial charge in [0.25, 0.3) is 0 Å². The van der Waals surface area contributed by atoms with Crippen LogP contribution in [0.4, 0.5) is 11.4 Å². The Bertz CT molecular complexity index is 1110. The third kappa shape index (κ3) is 6.15. The summed E-state index contributed by atoms with van der Waals surface area (Å²) in [5.41, 5.74) is 2.81. The topological polar surface area (TPSA) is 75.5 Å². The Morgan fingerprint density at radius 1 is 1.06 bits per heavy atom. The molecule has 3 aromatic rings. The Labute approximate surface area is 211 Å². The Kier molecular flexibility index (Phi) is 8.30. The minimum Gasteiger partial charge on any atom is -0.497 e. The summed E-state index contributed by atoms with van der Waals surface area (Å²) in [6.45, 7) is 4.32. The third-order valence-electron chi connectivity index (χ3n) is 6.30. The van der Waals surface area contributed by atoms with Crippen LogP contribution in [0.25, 0.3) is 5.69 Å². The maximum absolute atomic E-state index is 12.7. The molecule has 2 heterocycles. The minimum absolute atomic E-state index is 0.0810. The molecule has 4 rings (SSSR count). The van der Waals surface area contributed by atoms with Crippen LogP contribution in [0.15, 0.2) is 53.7 Å². The summed E-state index contributed by atoms with van der Waals surface area (Å²) in [4.78, 5) is 17.2. The number of nitrogens with zero attached hydrogens (tertiary/aromatic N) is 5. The van der Waals surface area contributed by atoms with Crippen molar-refractivity contribution in [3.8, 4) is 11.4 Å². The summed E-state index contributed by atoms with van der Waals surface area (Å²) in [7, 11) is 5.64. The van der Waals surface area contributed by atoms with Crippen molar-refractivity contribution in [1.29, 1.82) is 0 Å². The van der Waals surface area contributed by atoms with Gasteiger partial charge in [-0.05, 0) is 81.4 Å². The van der Waals surface area contributed by atoms with Crippen LogP contribution >= 0.6 is 11.8 Å². The molecule has 1 atom stereocenters. The summed E-state index contributed by atoms with van der Waals surface area (Å²) in [6.07, 6.45) is 3.69. The van der Waals surface area contributed by atoms with Gasteiger partial charge in [-0.2, -0.15) is 0 Å². The van der Waals surface area contributed by atoms with Crippen molar-refractivity contribution in [2.24, 2.45) is 0 Å². The van der Waals surface area contributed by atoms with Crippen LogP contribution in [0.5, 0.6) is 5.75 Å². The first-order valence-electron chi connectivity index (χ1n) is 12.0. The number of nitrogens with one attached hydrogen (secondary N) is 1. The van der Waals surface area contributed by atoms with E-state index >= 15 is 0 Å². The van der Waals surface area contributed by atoms with Gasteiger partial charge >= 0.3 is 0 Å². The van der Waals surface area contributed by atoms with E-state index in [1.165, 1.54) is 31.0 Å². The second kappa shape index (κ2) is 11.6. The van der Waals surface area contributed by atoms with Crippen LogP contribution in [-0.2, 0) is 4.79 Å². The van der Waals surface area contributed by atoms with Crippen LogP contribution in [-0.4, -0.2) is 65.6 Å². The summed E-state index contributed by atoms with van der Waals surface area (Å²) < 4.78 is 7.41. The first-order chi connectivity index (χ1) is 17.0. The standard InChI is InChI=1S/C26H34N6O2S/c1-19(31-16-6-5-7-17-31)25-28-29-26(32(25)22-12-14-23(34-4)15-13-22)35-18-24(33)27-20-8-10-21(11-9-20)30(2)3/h8-15,19H,5-7,16-18H2,1-4H3,(H,27,33). The van der Waals surface area contributed by atoms with Crippen LogP contribution in [0, 0.1) is 0 Å². The van der Waals surface area contributed by atoms with Gasteiger partial charge < -0.3 is 15.0 Å². The number of hydrogen-bond acceptors (Lipinski definition) is 7. The number of aromatic nitrogens is 3. The van der Waals surface area contributed by atoms with Crippen LogP contribution < -0.4 is 15.0 Å². The normalized spacial score (nSPS) is 15.0. The number of methoxy groups -OCH3 is 1. The molecule has 186 valence electrons. The number of thioether (sulfide) groups is 1. The van der Waals surface area contributed by atoms with Gasteiger partial charge in [0.1, 0.15) is 5.75 Å². The zero-order chi connectivity index (χ0) is 24.8. The van der Waals surface area contributed by atoms with Crippen molar-refractivity contribution in [2.45, 2.75) is 37.4 Å². The molecule has 1 aromatic heterocycles. The van der Waals surface area contributed by atoms with E-state index in [-0.39, 0.29) is 17.7 Å². The van der Waals surface area contributed by atoms with Gasteiger partial charge in [-0.3, -0.25) is 14.3 Å². The molecule has 1 saturated heterocycles. The quantitative estimate of drug-likeness (QED) is 0.435. The lowest BCUT2D eigenvalue weighted by atomic mass is 10.1. The number of rotatable bonds is 9. The molecule has 0 saturated carbocycles. The molecule has 0 radical (unpaired) electrons. The van der Waals surface area contributed by atoms with Gasteiger partial charge in [0.2, 0.25) is 5.91 Å². The summed E-state index contributed by atoms with van der Waals surface area (Å²) in [6, 6.07) is 15.8. The second-order valence-electron chi connectivity index (χ2n) is 8.92. The summed E-state index contributed by atoms with van der Waals surface area (Å²) in [5.74, 6) is 1.84. The first-order valence-corrected chi connectivity index (χ1v) is 13.0. The highest BCUT2D eigenvalue weighted by Gasteiger charge is 2.26. The molecule has 0 spiro atoms. The monoisotopic (exact) mass is 494 g/mol. The molecule has 1 N–H and O–H groups in total. The predicted octanol–water partition coefficient (Wildman–Crippen LogP) is 4.62. The maximum Gasteiger partial charge on any atom is 0.234 e. The minimum atomic E-state index is -0.0810. The highest BCUT2D eigenvalue weighted by molar-refractivity contribution is 7.99. The van der Waals surface area contributed by atoms with Crippen molar-refractivity contribution in [3.05, 3.63) is 54.4 Å². The van der Waals surface area contributed by atoms with Crippen molar-refractivity contribution in [3.63, 3.8) is 0 Å². The van der Waals surface area contributed by atoms with Crippen molar-refractivity contribution in [2.75, 3.05) is 50.3 Å². The summed E-state index contributed by atoms with van der Waals surface area (Å²) in [5, 5.41) is 12.7. The van der Waals surface area contributed by atoms with Gasteiger partial charge in [-0.15, -0.1) is 10.2 Å². The van der Waals surface area contributed by atoms with E-state index in [1.807, 2.05) is 67.5 Å². The highest BCUT2D eigenvalue weighted by Crippen LogP contribution is 2.30. The lowest BCUT2D eigenvalue weighted by molar-refractivity contribution is -0.113. The molecule has 0 aliphatic carbocycles. The molecule has 1 unspecified atom stereocenters. The number of piperidine rings is 1. The van der Waals surface area contributed by atoms with E-state index < -0.39 is 0 Å². The molecule has 2 aromatic carbocycles. The zero-order valence-electron chi connectivity index (χ0n) is 20.9. The number of likely N-dealkylation sites (tertiary alicyclic amines) is 1. The average Bonchev–Trinajstić information content (AvgIpc) is 3.32. The van der Waals surface area contributed by atoms with E-state index in [0.717, 1.165) is 41.7 Å². The Morgan fingerprint density at radius 3 is 2.37 bits per heavy atom. The molecule has 1 fully saturated rings. The lowest BCUT2D eigenvalue weighted by Crippen LogP contribution is -2.33. The molecule has 1 amide bonds. The Hall–Kier alpha value is -3.04. The molecule has 35 heavy (non-hydrogen) atoms. The molecular formula is C26H34N6O2S. The van der Waals surface area contributed by atoms with Crippen molar-refractivity contribution < 1.29 is 9.53 Å². The van der Waals surface area contributed by atoms with Gasteiger partial charge in [-0.25, -0.2) is 0 Å². The molecule has 0 bridgehead atoms. The molecular weight excluding hydrogens is 460 g/mol. The first kappa shape index (κ1) is 25.1. The lowest BCUT2D eigenvalue weighted by Gasteiger charge is -2.31. The van der Waals surface area contributed by atoms with E-state index in [0.29, 0.717) is 5.16 Å². The van der Waals surface area contributed by atoms with Crippen molar-refractivity contribution >= 4 is 29.0 Å². The Morgan fingerprint density at radius 2 is 1.74 bits per heavy atom. The van der Waals surface area contributed by atoms with Crippen LogP contribution in [0.1, 0.15) is 38.1 Å². The number of carbonyl (C=O) groups is 1. The molecule has 9 heteroatoms. The Balaban J connectivity index is 1.52. The van der Waals surface area contributed by atoms with Gasteiger partial charge in [0.15, 0.2) is 11.0 Å². The fourth-order valence-corrected chi connectivity index (χ4v) is 5.02. The third-order valence-corrected chi connectivity index (χ3v) is 7.23. The number of benzene rings is 2. The second-order valence-corrected chi connectivity index (χ2v) is 9.87.